The highest BCUT2D eigenvalue weighted by atomic mass is 79.9. The number of nitrogens with zero attached hydrogens (tertiary/aromatic N) is 1. The van der Waals surface area contributed by atoms with Gasteiger partial charge in [0.15, 0.2) is 0 Å². The molecule has 2 aromatic rings. The molecule has 0 fully saturated rings. The third-order valence-electron chi connectivity index (χ3n) is 2.94. The first kappa shape index (κ1) is 14.7. The fourth-order valence-electron chi connectivity index (χ4n) is 1.91. The van der Waals surface area contributed by atoms with Crippen LogP contribution in [0.15, 0.2) is 46.9 Å². The van der Waals surface area contributed by atoms with Gasteiger partial charge < -0.3 is 4.90 Å². The van der Waals surface area contributed by atoms with Crippen LogP contribution in [0.4, 0.5) is 5.69 Å². The molecule has 0 bridgehead atoms. The molecular weight excluding hydrogens is 345 g/mol. The van der Waals surface area contributed by atoms with E-state index in [1.165, 1.54) is 5.56 Å². The molecule has 0 radical (unpaired) electrons. The van der Waals surface area contributed by atoms with E-state index in [0.29, 0.717) is 5.88 Å². The molecule has 100 valence electrons. The van der Waals surface area contributed by atoms with Gasteiger partial charge in [-0.05, 0) is 29.3 Å². The highest BCUT2D eigenvalue weighted by Crippen LogP contribution is 2.28. The normalized spacial score (nSPS) is 10.5. The number of rotatable bonds is 4. The lowest BCUT2D eigenvalue weighted by molar-refractivity contribution is 0.918. The maximum absolute atomic E-state index is 6.30. The quantitative estimate of drug-likeness (QED) is 0.654. The van der Waals surface area contributed by atoms with Gasteiger partial charge in [0, 0.05) is 23.9 Å². The minimum atomic E-state index is 0.480. The molecular formula is C15H14BrCl2N. The van der Waals surface area contributed by atoms with Crippen molar-refractivity contribution in [2.45, 2.75) is 12.4 Å². The lowest BCUT2D eigenvalue weighted by Crippen LogP contribution is -2.17. The van der Waals surface area contributed by atoms with Crippen molar-refractivity contribution in [1.29, 1.82) is 0 Å². The van der Waals surface area contributed by atoms with Crippen LogP contribution in [0.5, 0.6) is 0 Å². The van der Waals surface area contributed by atoms with Crippen molar-refractivity contribution in [3.8, 4) is 0 Å². The van der Waals surface area contributed by atoms with Crippen LogP contribution in [0, 0.1) is 0 Å². The third kappa shape index (κ3) is 3.65. The Labute approximate surface area is 132 Å². The maximum Gasteiger partial charge on any atom is 0.0642 e. The molecule has 0 unspecified atom stereocenters. The number of hydrogen-bond acceptors (Lipinski definition) is 1. The highest BCUT2D eigenvalue weighted by molar-refractivity contribution is 9.10. The Balaban J connectivity index is 2.21. The minimum Gasteiger partial charge on any atom is -0.369 e. The Morgan fingerprint density at radius 2 is 1.89 bits per heavy atom. The van der Waals surface area contributed by atoms with Gasteiger partial charge in [0.05, 0.1) is 10.7 Å². The Morgan fingerprint density at radius 1 is 1.16 bits per heavy atom. The first-order valence-electron chi connectivity index (χ1n) is 5.90. The van der Waals surface area contributed by atoms with Crippen molar-refractivity contribution in [3.63, 3.8) is 0 Å². The van der Waals surface area contributed by atoms with E-state index < -0.39 is 0 Å². The van der Waals surface area contributed by atoms with Crippen molar-refractivity contribution >= 4 is 44.8 Å². The zero-order chi connectivity index (χ0) is 13.8. The van der Waals surface area contributed by atoms with E-state index in [4.69, 9.17) is 23.2 Å². The number of anilines is 1. The smallest absolute Gasteiger partial charge is 0.0642 e. The molecule has 2 rings (SSSR count). The second-order valence-electron chi connectivity index (χ2n) is 4.37. The van der Waals surface area contributed by atoms with E-state index in [0.717, 1.165) is 27.3 Å². The van der Waals surface area contributed by atoms with E-state index in [2.05, 4.69) is 26.9 Å². The summed E-state index contributed by atoms with van der Waals surface area (Å²) < 4.78 is 1.11. The third-order valence-corrected chi connectivity index (χ3v) is 4.33. The predicted octanol–water partition coefficient (Wildman–Crippen LogP) is 5.48. The molecule has 0 aromatic heterocycles. The maximum atomic E-state index is 6.30. The van der Waals surface area contributed by atoms with Gasteiger partial charge in [-0.1, -0.05) is 51.8 Å². The molecule has 0 amide bonds. The Kier molecular flexibility index (Phi) is 5.14. The number of halogens is 3. The van der Waals surface area contributed by atoms with E-state index in [-0.39, 0.29) is 0 Å². The van der Waals surface area contributed by atoms with Crippen LogP contribution < -0.4 is 4.90 Å². The Bertz CT molecular complexity index is 572. The molecule has 0 atom stereocenters. The molecule has 1 nitrogen and oxygen atoms in total. The van der Waals surface area contributed by atoms with Crippen LogP contribution >= 0.6 is 39.1 Å². The lowest BCUT2D eigenvalue weighted by atomic mass is 10.2. The summed E-state index contributed by atoms with van der Waals surface area (Å²) >= 11 is 15.7. The second kappa shape index (κ2) is 6.65. The summed E-state index contributed by atoms with van der Waals surface area (Å²) in [5, 5.41) is 0.729. The summed E-state index contributed by atoms with van der Waals surface area (Å²) in [7, 11) is 2.03. The fourth-order valence-corrected chi connectivity index (χ4v) is 2.83. The average Bonchev–Trinajstić information content (AvgIpc) is 2.41. The molecule has 0 spiro atoms. The summed E-state index contributed by atoms with van der Waals surface area (Å²) in [5.41, 5.74) is 3.26. The molecule has 2 aromatic carbocycles. The summed E-state index contributed by atoms with van der Waals surface area (Å²) in [4.78, 5) is 2.13. The standard InChI is InChI=1S/C15H14BrCl2N/c1-19(10-12-4-2-3-5-13(12)16)15-7-6-11(9-17)8-14(15)18/h2-8H,9-10H2,1H3. The van der Waals surface area contributed by atoms with Crippen molar-refractivity contribution in [2.24, 2.45) is 0 Å². The van der Waals surface area contributed by atoms with Crippen molar-refractivity contribution < 1.29 is 0 Å². The van der Waals surface area contributed by atoms with Crippen LogP contribution in [-0.2, 0) is 12.4 Å². The molecule has 0 N–H and O–H groups in total. The van der Waals surface area contributed by atoms with Crippen molar-refractivity contribution in [3.05, 3.63) is 63.1 Å². The van der Waals surface area contributed by atoms with Gasteiger partial charge in [0.2, 0.25) is 0 Å². The summed E-state index contributed by atoms with van der Waals surface area (Å²) in [6.45, 7) is 0.793. The van der Waals surface area contributed by atoms with E-state index in [1.54, 1.807) is 0 Å². The highest BCUT2D eigenvalue weighted by Gasteiger charge is 2.09. The van der Waals surface area contributed by atoms with Crippen molar-refractivity contribution in [2.75, 3.05) is 11.9 Å². The van der Waals surface area contributed by atoms with Gasteiger partial charge >= 0.3 is 0 Å². The first-order valence-corrected chi connectivity index (χ1v) is 7.61. The van der Waals surface area contributed by atoms with Crippen LogP contribution in [0.3, 0.4) is 0 Å². The van der Waals surface area contributed by atoms with Gasteiger partial charge in [-0.25, -0.2) is 0 Å². The lowest BCUT2D eigenvalue weighted by Gasteiger charge is -2.21. The summed E-state index contributed by atoms with van der Waals surface area (Å²) in [5.74, 6) is 0.480. The minimum absolute atomic E-state index is 0.480. The molecule has 0 aliphatic carbocycles. The number of benzene rings is 2. The first-order chi connectivity index (χ1) is 9.11. The molecule has 0 saturated heterocycles. The van der Waals surface area contributed by atoms with Gasteiger partial charge in [-0.2, -0.15) is 0 Å². The molecule has 0 aliphatic heterocycles. The zero-order valence-corrected chi connectivity index (χ0v) is 13.6. The summed E-state index contributed by atoms with van der Waals surface area (Å²) in [6.07, 6.45) is 0. The Hall–Kier alpha value is -0.700. The monoisotopic (exact) mass is 357 g/mol. The van der Waals surface area contributed by atoms with Gasteiger partial charge in [0.1, 0.15) is 0 Å². The number of hydrogen-bond donors (Lipinski definition) is 0. The molecule has 0 heterocycles. The average molecular weight is 359 g/mol. The van der Waals surface area contributed by atoms with E-state index >= 15 is 0 Å². The van der Waals surface area contributed by atoms with Crippen molar-refractivity contribution in [1.82, 2.24) is 0 Å². The second-order valence-corrected chi connectivity index (χ2v) is 5.90. The van der Waals surface area contributed by atoms with Gasteiger partial charge in [-0.15, -0.1) is 11.6 Å². The molecule has 0 aliphatic rings. The summed E-state index contributed by atoms with van der Waals surface area (Å²) in [6, 6.07) is 14.1. The largest absolute Gasteiger partial charge is 0.369 e. The van der Waals surface area contributed by atoms with Crippen LogP contribution in [0.1, 0.15) is 11.1 Å². The van der Waals surface area contributed by atoms with Gasteiger partial charge in [-0.3, -0.25) is 0 Å². The molecule has 19 heavy (non-hydrogen) atoms. The van der Waals surface area contributed by atoms with Gasteiger partial charge in [0.25, 0.3) is 0 Å². The topological polar surface area (TPSA) is 3.24 Å². The van der Waals surface area contributed by atoms with E-state index in [1.807, 2.05) is 43.4 Å². The van der Waals surface area contributed by atoms with Crippen LogP contribution in [0.2, 0.25) is 5.02 Å². The Morgan fingerprint density at radius 3 is 2.53 bits per heavy atom. The predicted molar refractivity (Wildman–Crippen MR) is 87.3 cm³/mol. The zero-order valence-electron chi connectivity index (χ0n) is 10.5. The molecule has 4 heteroatoms. The SMILES string of the molecule is CN(Cc1ccccc1Br)c1ccc(CCl)cc1Cl. The van der Waals surface area contributed by atoms with Crippen LogP contribution in [0.25, 0.3) is 0 Å². The van der Waals surface area contributed by atoms with Crippen LogP contribution in [-0.4, -0.2) is 7.05 Å². The fraction of sp³-hybridized carbons (Fsp3) is 0.200. The van der Waals surface area contributed by atoms with E-state index in [9.17, 15) is 0 Å². The number of alkyl halides is 1. The molecule has 0 saturated carbocycles.